The number of aryl methyl sites for hydroxylation is 1. The van der Waals surface area contributed by atoms with Crippen molar-refractivity contribution in [2.24, 2.45) is 0 Å². The van der Waals surface area contributed by atoms with Gasteiger partial charge in [0.15, 0.2) is 0 Å². The zero-order valence-corrected chi connectivity index (χ0v) is 19.7. The number of nitrogens with zero attached hydrogens (tertiary/aromatic N) is 5. The van der Waals surface area contributed by atoms with Crippen LogP contribution in [0.2, 0.25) is 5.02 Å². The van der Waals surface area contributed by atoms with E-state index >= 15 is 0 Å². The van der Waals surface area contributed by atoms with Crippen LogP contribution in [0.25, 0.3) is 11.3 Å². The molecule has 2 aromatic carbocycles. The molecule has 0 bridgehead atoms. The van der Waals surface area contributed by atoms with Crippen LogP contribution in [-0.4, -0.2) is 76.3 Å². The molecular formula is C26H30ClN5O. The van der Waals surface area contributed by atoms with Crippen molar-refractivity contribution < 1.29 is 5.11 Å². The minimum absolute atomic E-state index is 0.104. The molecule has 2 aliphatic heterocycles. The van der Waals surface area contributed by atoms with E-state index < -0.39 is 6.10 Å². The summed E-state index contributed by atoms with van der Waals surface area (Å²) in [6.45, 7) is 8.13. The fourth-order valence-corrected chi connectivity index (χ4v) is 4.97. The van der Waals surface area contributed by atoms with Gasteiger partial charge in [0, 0.05) is 62.1 Å². The predicted molar refractivity (Wildman–Crippen MR) is 133 cm³/mol. The van der Waals surface area contributed by atoms with E-state index in [0.29, 0.717) is 12.5 Å². The standard InChI is InChI=1S/C26H30ClN5O/c1-19-15-23(21-5-3-2-4-6-21)29-26(28-19)32-17-24(25(33)18-32)31-13-11-30(12-14-31)16-20-7-9-22(27)10-8-20/h2-10,15,24-25,33H,11-14,16-18H2,1H3/t24-,25-/m0/s1. The fraction of sp³-hybridized carbons (Fsp3) is 0.385. The predicted octanol–water partition coefficient (Wildman–Crippen LogP) is 3.47. The number of β-amino-alcohol motifs (C(OH)–C–C–N with tert-alkyl or cyclic N) is 1. The molecule has 1 N–H and O–H groups in total. The second kappa shape index (κ2) is 9.77. The van der Waals surface area contributed by atoms with Crippen LogP contribution in [-0.2, 0) is 6.54 Å². The van der Waals surface area contributed by atoms with Gasteiger partial charge in [0.1, 0.15) is 0 Å². The maximum Gasteiger partial charge on any atom is 0.226 e. The number of aliphatic hydroxyl groups is 1. The molecule has 2 fully saturated rings. The van der Waals surface area contributed by atoms with Crippen molar-refractivity contribution in [2.45, 2.75) is 25.6 Å². The molecule has 2 aliphatic rings. The summed E-state index contributed by atoms with van der Waals surface area (Å²) in [6.07, 6.45) is -0.405. The molecule has 0 unspecified atom stereocenters. The molecule has 0 spiro atoms. The summed E-state index contributed by atoms with van der Waals surface area (Å²) in [5, 5.41) is 11.7. The molecule has 33 heavy (non-hydrogen) atoms. The number of hydrogen-bond donors (Lipinski definition) is 1. The van der Waals surface area contributed by atoms with Crippen LogP contribution in [0.15, 0.2) is 60.7 Å². The van der Waals surface area contributed by atoms with E-state index in [2.05, 4.69) is 43.9 Å². The molecule has 2 saturated heterocycles. The lowest BCUT2D eigenvalue weighted by molar-refractivity contribution is 0.0424. The second-order valence-electron chi connectivity index (χ2n) is 9.04. The first-order valence-corrected chi connectivity index (χ1v) is 12.0. The van der Waals surface area contributed by atoms with Crippen LogP contribution < -0.4 is 4.90 Å². The number of hydrogen-bond acceptors (Lipinski definition) is 6. The van der Waals surface area contributed by atoms with E-state index in [1.165, 1.54) is 5.56 Å². The van der Waals surface area contributed by atoms with E-state index in [1.807, 2.05) is 43.3 Å². The molecule has 172 valence electrons. The lowest BCUT2D eigenvalue weighted by atomic mass is 10.1. The third kappa shape index (κ3) is 5.20. The van der Waals surface area contributed by atoms with Crippen LogP contribution in [0, 0.1) is 6.92 Å². The summed E-state index contributed by atoms with van der Waals surface area (Å²) >= 11 is 6.01. The van der Waals surface area contributed by atoms with Crippen LogP contribution in [0.3, 0.4) is 0 Å². The van der Waals surface area contributed by atoms with E-state index in [-0.39, 0.29) is 6.04 Å². The third-order valence-corrected chi connectivity index (χ3v) is 6.90. The molecule has 0 amide bonds. The molecule has 6 nitrogen and oxygen atoms in total. The highest BCUT2D eigenvalue weighted by molar-refractivity contribution is 6.30. The molecule has 3 aromatic rings. The molecule has 2 atom stereocenters. The van der Waals surface area contributed by atoms with Gasteiger partial charge in [-0.05, 0) is 30.7 Å². The lowest BCUT2D eigenvalue weighted by Gasteiger charge is -2.38. The molecule has 7 heteroatoms. The maximum absolute atomic E-state index is 10.9. The number of anilines is 1. The number of halogens is 1. The van der Waals surface area contributed by atoms with Gasteiger partial charge in [0.25, 0.3) is 0 Å². The van der Waals surface area contributed by atoms with E-state index in [1.54, 1.807) is 0 Å². The molecule has 3 heterocycles. The molecule has 5 rings (SSSR count). The maximum atomic E-state index is 10.9. The second-order valence-corrected chi connectivity index (χ2v) is 9.48. The van der Waals surface area contributed by atoms with Crippen molar-refractivity contribution in [3.63, 3.8) is 0 Å². The van der Waals surface area contributed by atoms with Crippen LogP contribution in [0.1, 0.15) is 11.3 Å². The third-order valence-electron chi connectivity index (χ3n) is 6.65. The largest absolute Gasteiger partial charge is 0.390 e. The zero-order valence-electron chi connectivity index (χ0n) is 18.9. The van der Waals surface area contributed by atoms with Crippen molar-refractivity contribution in [1.82, 2.24) is 19.8 Å². The van der Waals surface area contributed by atoms with Gasteiger partial charge in [-0.3, -0.25) is 9.80 Å². The smallest absolute Gasteiger partial charge is 0.226 e. The first-order valence-electron chi connectivity index (χ1n) is 11.6. The van der Waals surface area contributed by atoms with Crippen LogP contribution >= 0.6 is 11.6 Å². The molecule has 1 aromatic heterocycles. The van der Waals surface area contributed by atoms with Gasteiger partial charge in [-0.2, -0.15) is 0 Å². The Kier molecular flexibility index (Phi) is 6.60. The number of aliphatic hydroxyl groups excluding tert-OH is 1. The molecule has 0 saturated carbocycles. The van der Waals surface area contributed by atoms with Gasteiger partial charge in [-0.25, -0.2) is 9.97 Å². The zero-order chi connectivity index (χ0) is 22.8. The van der Waals surface area contributed by atoms with E-state index in [9.17, 15) is 5.11 Å². The monoisotopic (exact) mass is 463 g/mol. The number of benzene rings is 2. The number of aromatic nitrogens is 2. The molecule has 0 radical (unpaired) electrons. The Balaban J connectivity index is 1.22. The average molecular weight is 464 g/mol. The SMILES string of the molecule is Cc1cc(-c2ccccc2)nc(N2C[C@H](O)[C@@H](N3CCN(Cc4ccc(Cl)cc4)CC3)C2)n1. The quantitative estimate of drug-likeness (QED) is 0.625. The van der Waals surface area contributed by atoms with Crippen molar-refractivity contribution in [3.05, 3.63) is 76.9 Å². The minimum Gasteiger partial charge on any atom is -0.390 e. The Morgan fingerprint density at radius 3 is 2.39 bits per heavy atom. The summed E-state index contributed by atoms with van der Waals surface area (Å²) in [7, 11) is 0. The lowest BCUT2D eigenvalue weighted by Crippen LogP contribution is -2.53. The van der Waals surface area contributed by atoms with Gasteiger partial charge in [0.2, 0.25) is 5.95 Å². The fourth-order valence-electron chi connectivity index (χ4n) is 4.84. The summed E-state index contributed by atoms with van der Waals surface area (Å²) in [5.41, 5.74) is 4.22. The molecule has 0 aliphatic carbocycles. The highest BCUT2D eigenvalue weighted by Gasteiger charge is 2.38. The highest BCUT2D eigenvalue weighted by atomic mass is 35.5. The number of rotatable bonds is 5. The summed E-state index contributed by atoms with van der Waals surface area (Å²) in [4.78, 5) is 16.5. The Hall–Kier alpha value is -2.51. The molecular weight excluding hydrogens is 434 g/mol. The van der Waals surface area contributed by atoms with Crippen LogP contribution in [0.4, 0.5) is 5.95 Å². The summed E-state index contributed by atoms with van der Waals surface area (Å²) in [6, 6.07) is 20.4. The summed E-state index contributed by atoms with van der Waals surface area (Å²) < 4.78 is 0. The van der Waals surface area contributed by atoms with Gasteiger partial charge in [-0.15, -0.1) is 0 Å². The topological polar surface area (TPSA) is 55.7 Å². The first-order chi connectivity index (χ1) is 16.0. The average Bonchev–Trinajstić information content (AvgIpc) is 3.23. The van der Waals surface area contributed by atoms with Crippen molar-refractivity contribution in [3.8, 4) is 11.3 Å². The minimum atomic E-state index is -0.405. The van der Waals surface area contributed by atoms with E-state index in [4.69, 9.17) is 16.6 Å². The normalized spacial score (nSPS) is 22.1. The van der Waals surface area contributed by atoms with Gasteiger partial charge < -0.3 is 10.0 Å². The van der Waals surface area contributed by atoms with Crippen molar-refractivity contribution >= 4 is 17.5 Å². The van der Waals surface area contributed by atoms with Crippen molar-refractivity contribution in [1.29, 1.82) is 0 Å². The Labute approximate surface area is 200 Å². The Bertz CT molecular complexity index is 1070. The first kappa shape index (κ1) is 22.3. The Morgan fingerprint density at radius 1 is 0.939 bits per heavy atom. The van der Waals surface area contributed by atoms with Crippen LogP contribution in [0.5, 0.6) is 0 Å². The van der Waals surface area contributed by atoms with Gasteiger partial charge in [-0.1, -0.05) is 54.1 Å². The van der Waals surface area contributed by atoms with Gasteiger partial charge >= 0.3 is 0 Å². The number of piperazine rings is 1. The Morgan fingerprint density at radius 2 is 1.67 bits per heavy atom. The summed E-state index contributed by atoms with van der Waals surface area (Å²) in [5.74, 6) is 0.705. The van der Waals surface area contributed by atoms with Gasteiger partial charge in [0.05, 0.1) is 17.8 Å². The van der Waals surface area contributed by atoms with Crippen molar-refractivity contribution in [2.75, 3.05) is 44.2 Å². The highest BCUT2D eigenvalue weighted by Crippen LogP contribution is 2.25. The van der Waals surface area contributed by atoms with E-state index in [0.717, 1.165) is 61.2 Å².